The van der Waals surface area contributed by atoms with Crippen molar-refractivity contribution in [1.29, 1.82) is 0 Å². The number of rotatable bonds is 4. The van der Waals surface area contributed by atoms with Crippen LogP contribution in [0.25, 0.3) is 10.3 Å². The van der Waals surface area contributed by atoms with Gasteiger partial charge in [-0.2, -0.15) is 0 Å². The largest absolute Gasteiger partial charge is 0.295 e. The molecule has 0 amide bonds. The van der Waals surface area contributed by atoms with Gasteiger partial charge in [-0.1, -0.05) is 34.8 Å². The molecule has 2 aromatic heterocycles. The Hall–Kier alpha value is -2.08. The van der Waals surface area contributed by atoms with Gasteiger partial charge in [0.1, 0.15) is 6.33 Å². The Morgan fingerprint density at radius 3 is 2.90 bits per heavy atom. The summed E-state index contributed by atoms with van der Waals surface area (Å²) >= 11 is 1.10. The first kappa shape index (κ1) is 12.9. The molecule has 0 aliphatic rings. The molecule has 3 rings (SSSR count). The number of hydrogen-bond donors (Lipinski definition) is 0. The van der Waals surface area contributed by atoms with Gasteiger partial charge in [0, 0.05) is 6.04 Å². The van der Waals surface area contributed by atoms with Gasteiger partial charge >= 0.3 is 0 Å². The van der Waals surface area contributed by atoms with Crippen molar-refractivity contribution in [1.82, 2.24) is 19.1 Å². The third kappa shape index (κ3) is 2.46. The summed E-state index contributed by atoms with van der Waals surface area (Å²) in [6.45, 7) is 2.03. The Labute approximate surface area is 120 Å². The van der Waals surface area contributed by atoms with Gasteiger partial charge in [0.15, 0.2) is 4.70 Å². The van der Waals surface area contributed by atoms with Crippen LogP contribution in [-0.4, -0.2) is 19.1 Å². The second-order valence-corrected chi connectivity index (χ2v) is 5.51. The Bertz CT molecular complexity index is 765. The summed E-state index contributed by atoms with van der Waals surface area (Å²) in [5, 5.41) is 3.82. The summed E-state index contributed by atoms with van der Waals surface area (Å²) in [5.74, 6) is 0. The number of fused-ring (bicyclic) bond motifs is 1. The maximum absolute atomic E-state index is 12.3. The van der Waals surface area contributed by atoms with E-state index < -0.39 is 0 Å². The van der Waals surface area contributed by atoms with E-state index >= 15 is 0 Å². The molecule has 6 heteroatoms. The Kier molecular flexibility index (Phi) is 3.56. The molecule has 1 atom stereocenters. The van der Waals surface area contributed by atoms with Crippen molar-refractivity contribution in [2.24, 2.45) is 0 Å². The molecule has 102 valence electrons. The van der Waals surface area contributed by atoms with Gasteiger partial charge in [0.05, 0.1) is 0 Å². The summed E-state index contributed by atoms with van der Waals surface area (Å²) in [6.07, 6.45) is 3.40. The van der Waals surface area contributed by atoms with Gasteiger partial charge in [0.25, 0.3) is 5.56 Å². The van der Waals surface area contributed by atoms with Crippen molar-refractivity contribution >= 4 is 21.9 Å². The molecule has 0 unspecified atom stereocenters. The van der Waals surface area contributed by atoms with Crippen LogP contribution in [0.15, 0.2) is 41.5 Å². The predicted molar refractivity (Wildman–Crippen MR) is 78.9 cm³/mol. The average Bonchev–Trinajstić information content (AvgIpc) is 2.96. The summed E-state index contributed by atoms with van der Waals surface area (Å²) in [6, 6.07) is 10.4. The molecule has 0 spiro atoms. The lowest BCUT2D eigenvalue weighted by molar-refractivity contribution is 0.489. The number of aryl methyl sites for hydroxylation is 1. The summed E-state index contributed by atoms with van der Waals surface area (Å²) in [4.78, 5) is 16.5. The minimum absolute atomic E-state index is 0.0504. The minimum Gasteiger partial charge on any atom is -0.295 e. The van der Waals surface area contributed by atoms with E-state index in [1.165, 1.54) is 5.56 Å². The van der Waals surface area contributed by atoms with Crippen LogP contribution in [0.4, 0.5) is 0 Å². The lowest BCUT2D eigenvalue weighted by atomic mass is 10.1. The van der Waals surface area contributed by atoms with Crippen LogP contribution in [0.3, 0.4) is 0 Å². The van der Waals surface area contributed by atoms with E-state index in [9.17, 15) is 4.79 Å². The monoisotopic (exact) mass is 286 g/mol. The Balaban J connectivity index is 1.80. The van der Waals surface area contributed by atoms with Crippen LogP contribution in [-0.2, 0) is 6.42 Å². The molecule has 0 aliphatic heterocycles. The highest BCUT2D eigenvalue weighted by molar-refractivity contribution is 7.12. The quantitative estimate of drug-likeness (QED) is 0.739. The molecule has 2 heterocycles. The van der Waals surface area contributed by atoms with Crippen molar-refractivity contribution in [3.05, 3.63) is 52.6 Å². The van der Waals surface area contributed by atoms with Gasteiger partial charge in [-0.15, -0.1) is 5.10 Å². The maximum atomic E-state index is 12.3. The topological polar surface area (TPSA) is 60.7 Å². The maximum Gasteiger partial charge on any atom is 0.274 e. The van der Waals surface area contributed by atoms with Crippen LogP contribution in [0.2, 0.25) is 0 Å². The predicted octanol–water partition coefficient (Wildman–Crippen LogP) is 2.44. The minimum atomic E-state index is -0.0504. The molecule has 20 heavy (non-hydrogen) atoms. The number of aromatic nitrogens is 4. The fourth-order valence-electron chi connectivity index (χ4n) is 2.17. The van der Waals surface area contributed by atoms with Gasteiger partial charge in [-0.3, -0.25) is 9.36 Å². The zero-order chi connectivity index (χ0) is 13.9. The Morgan fingerprint density at radius 1 is 1.30 bits per heavy atom. The highest BCUT2D eigenvalue weighted by atomic mass is 32.1. The first-order valence-electron chi connectivity index (χ1n) is 6.49. The highest BCUT2D eigenvalue weighted by Crippen LogP contribution is 2.14. The van der Waals surface area contributed by atoms with Crippen molar-refractivity contribution in [3.8, 4) is 0 Å². The van der Waals surface area contributed by atoms with Crippen molar-refractivity contribution in [2.45, 2.75) is 25.8 Å². The van der Waals surface area contributed by atoms with Crippen LogP contribution >= 0.6 is 11.5 Å². The van der Waals surface area contributed by atoms with Gasteiger partial charge in [-0.05, 0) is 36.9 Å². The molecular formula is C14H14N4OS. The second-order valence-electron chi connectivity index (χ2n) is 4.76. The van der Waals surface area contributed by atoms with Crippen LogP contribution < -0.4 is 5.56 Å². The molecular weight excluding hydrogens is 272 g/mol. The molecule has 0 saturated heterocycles. The molecule has 0 aliphatic carbocycles. The Morgan fingerprint density at radius 2 is 2.10 bits per heavy atom. The summed E-state index contributed by atoms with van der Waals surface area (Å²) in [5.41, 5.74) is 1.66. The van der Waals surface area contributed by atoms with Gasteiger partial charge in [0.2, 0.25) is 5.65 Å². The summed E-state index contributed by atoms with van der Waals surface area (Å²) in [7, 11) is 0. The van der Waals surface area contributed by atoms with Gasteiger partial charge < -0.3 is 0 Å². The summed E-state index contributed by atoms with van der Waals surface area (Å²) < 4.78 is 5.97. The van der Waals surface area contributed by atoms with Crippen LogP contribution in [0, 0.1) is 0 Å². The van der Waals surface area contributed by atoms with E-state index in [2.05, 4.69) is 26.7 Å². The SMILES string of the molecule is C[C@@H](CCc1ccccc1)n1cnc2nnsc2c1=O. The molecule has 0 fully saturated rings. The molecule has 0 N–H and O–H groups in total. The van der Waals surface area contributed by atoms with E-state index in [1.807, 2.05) is 25.1 Å². The fraction of sp³-hybridized carbons (Fsp3) is 0.286. The third-order valence-corrected chi connectivity index (χ3v) is 4.08. The highest BCUT2D eigenvalue weighted by Gasteiger charge is 2.12. The molecule has 3 aromatic rings. The van der Waals surface area contributed by atoms with E-state index in [0.717, 1.165) is 24.4 Å². The number of hydrogen-bond acceptors (Lipinski definition) is 5. The first-order valence-corrected chi connectivity index (χ1v) is 7.26. The smallest absolute Gasteiger partial charge is 0.274 e. The zero-order valence-electron chi connectivity index (χ0n) is 11.1. The molecule has 0 radical (unpaired) electrons. The van der Waals surface area contributed by atoms with E-state index in [4.69, 9.17) is 0 Å². The molecule has 0 bridgehead atoms. The van der Waals surface area contributed by atoms with E-state index in [1.54, 1.807) is 10.9 Å². The van der Waals surface area contributed by atoms with Crippen LogP contribution in [0.5, 0.6) is 0 Å². The van der Waals surface area contributed by atoms with Crippen molar-refractivity contribution in [2.75, 3.05) is 0 Å². The normalized spacial score (nSPS) is 12.7. The number of benzene rings is 1. The van der Waals surface area contributed by atoms with Crippen LogP contribution in [0.1, 0.15) is 24.9 Å². The third-order valence-electron chi connectivity index (χ3n) is 3.37. The average molecular weight is 286 g/mol. The fourth-order valence-corrected chi connectivity index (χ4v) is 2.72. The molecule has 1 aromatic carbocycles. The lowest BCUT2D eigenvalue weighted by Crippen LogP contribution is -2.23. The van der Waals surface area contributed by atoms with Crippen molar-refractivity contribution < 1.29 is 0 Å². The first-order chi connectivity index (χ1) is 9.75. The van der Waals surface area contributed by atoms with Gasteiger partial charge in [-0.25, -0.2) is 4.98 Å². The standard InChI is InChI=1S/C14H14N4OS/c1-10(7-8-11-5-3-2-4-6-11)18-9-15-13-12(14(18)19)20-17-16-13/h2-6,9-10H,7-8H2,1H3/t10-/m0/s1. The van der Waals surface area contributed by atoms with Crippen molar-refractivity contribution in [3.63, 3.8) is 0 Å². The number of nitrogens with zero attached hydrogens (tertiary/aromatic N) is 4. The van der Waals surface area contributed by atoms with E-state index in [-0.39, 0.29) is 11.6 Å². The molecule has 0 saturated carbocycles. The molecule has 5 nitrogen and oxygen atoms in total. The lowest BCUT2D eigenvalue weighted by Gasteiger charge is -2.14. The zero-order valence-corrected chi connectivity index (χ0v) is 11.9. The second kappa shape index (κ2) is 5.50. The van der Waals surface area contributed by atoms with E-state index in [0.29, 0.717) is 10.3 Å².